The number of carboxylic acid groups (broad SMARTS) is 1. The van der Waals surface area contributed by atoms with E-state index in [-0.39, 0.29) is 5.91 Å². The van der Waals surface area contributed by atoms with Gasteiger partial charge in [0.15, 0.2) is 0 Å². The third kappa shape index (κ3) is 3.98. The zero-order valence-electron chi connectivity index (χ0n) is 11.5. The zero-order chi connectivity index (χ0) is 13.8. The third-order valence-corrected chi connectivity index (χ3v) is 3.57. The van der Waals surface area contributed by atoms with Gasteiger partial charge in [0.2, 0.25) is 5.91 Å². The molecule has 0 aliphatic heterocycles. The first kappa shape index (κ1) is 15.0. The Morgan fingerprint density at radius 2 is 2.11 bits per heavy atom. The molecular weight excluding hydrogens is 232 g/mol. The van der Waals surface area contributed by atoms with Gasteiger partial charge in [0, 0.05) is 13.0 Å². The Balaban J connectivity index is 2.62. The molecule has 1 fully saturated rings. The summed E-state index contributed by atoms with van der Waals surface area (Å²) in [4.78, 5) is 25.2. The van der Waals surface area contributed by atoms with E-state index in [4.69, 9.17) is 0 Å². The molecule has 1 rings (SSSR count). The van der Waals surface area contributed by atoms with Gasteiger partial charge in [-0.05, 0) is 32.9 Å². The zero-order valence-corrected chi connectivity index (χ0v) is 11.5. The molecule has 2 N–H and O–H groups in total. The predicted molar refractivity (Wildman–Crippen MR) is 69.3 cm³/mol. The summed E-state index contributed by atoms with van der Waals surface area (Å²) in [6.07, 6.45) is 3.33. The fourth-order valence-corrected chi connectivity index (χ4v) is 2.57. The lowest BCUT2D eigenvalue weighted by Crippen LogP contribution is -2.57. The van der Waals surface area contributed by atoms with Crippen molar-refractivity contribution in [2.24, 2.45) is 5.92 Å². The van der Waals surface area contributed by atoms with Crippen molar-refractivity contribution in [1.29, 1.82) is 0 Å². The first-order valence-corrected chi connectivity index (χ1v) is 6.55. The number of hydrogen-bond acceptors (Lipinski definition) is 3. The predicted octanol–water partition coefficient (Wildman–Crippen LogP) is 1.09. The van der Waals surface area contributed by atoms with Crippen LogP contribution in [0.1, 0.15) is 39.0 Å². The van der Waals surface area contributed by atoms with Crippen LogP contribution >= 0.6 is 0 Å². The average molecular weight is 256 g/mol. The van der Waals surface area contributed by atoms with Gasteiger partial charge in [-0.15, -0.1) is 0 Å². The molecule has 0 spiro atoms. The molecule has 1 aliphatic rings. The molecule has 5 nitrogen and oxygen atoms in total. The molecule has 0 aromatic rings. The van der Waals surface area contributed by atoms with Crippen LogP contribution in [-0.4, -0.2) is 48.1 Å². The van der Waals surface area contributed by atoms with Crippen LogP contribution < -0.4 is 5.32 Å². The first-order chi connectivity index (χ1) is 8.35. The maximum Gasteiger partial charge on any atom is 0.329 e. The standard InChI is InChI=1S/C13H24N2O3/c1-10-5-4-7-13(9-10,12(17)18)14-11(16)6-8-15(2)3/h10H,4-9H2,1-3H3,(H,14,16)(H,17,18). The average Bonchev–Trinajstić information content (AvgIpc) is 2.26. The second-order valence-corrected chi connectivity index (χ2v) is 5.69. The van der Waals surface area contributed by atoms with Gasteiger partial charge in [-0.25, -0.2) is 4.79 Å². The lowest BCUT2D eigenvalue weighted by molar-refractivity contribution is -0.150. The Bertz CT molecular complexity index is 317. The van der Waals surface area contributed by atoms with Gasteiger partial charge < -0.3 is 15.3 Å². The SMILES string of the molecule is CC1CCCC(NC(=O)CCN(C)C)(C(=O)O)C1. The van der Waals surface area contributed by atoms with Crippen LogP contribution in [0.5, 0.6) is 0 Å². The Morgan fingerprint density at radius 1 is 1.44 bits per heavy atom. The van der Waals surface area contributed by atoms with Crippen molar-refractivity contribution in [3.63, 3.8) is 0 Å². The van der Waals surface area contributed by atoms with E-state index in [1.165, 1.54) is 0 Å². The molecule has 1 amide bonds. The number of rotatable bonds is 5. The lowest BCUT2D eigenvalue weighted by Gasteiger charge is -2.37. The largest absolute Gasteiger partial charge is 0.480 e. The summed E-state index contributed by atoms with van der Waals surface area (Å²) < 4.78 is 0. The van der Waals surface area contributed by atoms with Gasteiger partial charge >= 0.3 is 5.97 Å². The Hall–Kier alpha value is -1.10. The second kappa shape index (κ2) is 6.18. The van der Waals surface area contributed by atoms with Gasteiger partial charge in [0.05, 0.1) is 0 Å². The maximum atomic E-state index is 11.8. The molecule has 104 valence electrons. The molecule has 1 aliphatic carbocycles. The number of aliphatic carboxylic acids is 1. The quantitative estimate of drug-likeness (QED) is 0.772. The molecule has 0 radical (unpaired) electrons. The van der Waals surface area contributed by atoms with Crippen LogP contribution in [0.15, 0.2) is 0 Å². The topological polar surface area (TPSA) is 69.6 Å². The van der Waals surface area contributed by atoms with Crippen LogP contribution in [0.25, 0.3) is 0 Å². The summed E-state index contributed by atoms with van der Waals surface area (Å²) in [6, 6.07) is 0. The highest BCUT2D eigenvalue weighted by atomic mass is 16.4. The summed E-state index contributed by atoms with van der Waals surface area (Å²) in [5.41, 5.74) is -1.04. The monoisotopic (exact) mass is 256 g/mol. The fraction of sp³-hybridized carbons (Fsp3) is 0.846. The minimum absolute atomic E-state index is 0.166. The molecule has 2 unspecified atom stereocenters. The third-order valence-electron chi connectivity index (χ3n) is 3.57. The van der Waals surface area contributed by atoms with Crippen molar-refractivity contribution < 1.29 is 14.7 Å². The molecule has 0 heterocycles. The Morgan fingerprint density at radius 3 is 2.61 bits per heavy atom. The van der Waals surface area contributed by atoms with Crippen LogP contribution in [-0.2, 0) is 9.59 Å². The summed E-state index contributed by atoms with van der Waals surface area (Å²) in [6.45, 7) is 2.68. The number of amides is 1. The van der Waals surface area contributed by atoms with Crippen molar-refractivity contribution in [2.45, 2.75) is 44.6 Å². The lowest BCUT2D eigenvalue weighted by atomic mass is 9.76. The van der Waals surface area contributed by atoms with E-state index in [9.17, 15) is 14.7 Å². The van der Waals surface area contributed by atoms with Gasteiger partial charge in [0.1, 0.15) is 5.54 Å². The number of carbonyl (C=O) groups is 2. The first-order valence-electron chi connectivity index (χ1n) is 6.55. The molecule has 0 bridgehead atoms. The molecule has 2 atom stereocenters. The van der Waals surface area contributed by atoms with Gasteiger partial charge in [-0.2, -0.15) is 0 Å². The molecule has 18 heavy (non-hydrogen) atoms. The van der Waals surface area contributed by atoms with E-state index in [1.54, 1.807) is 0 Å². The molecule has 0 aromatic carbocycles. The number of carboxylic acids is 1. The summed E-state index contributed by atoms with van der Waals surface area (Å²) in [5.74, 6) is -0.712. The molecular formula is C13H24N2O3. The smallest absolute Gasteiger partial charge is 0.329 e. The molecule has 5 heteroatoms. The van der Waals surface area contributed by atoms with Crippen LogP contribution in [0.3, 0.4) is 0 Å². The van der Waals surface area contributed by atoms with Crippen LogP contribution in [0.4, 0.5) is 0 Å². The van der Waals surface area contributed by atoms with Crippen molar-refractivity contribution in [3.05, 3.63) is 0 Å². The van der Waals surface area contributed by atoms with E-state index in [2.05, 4.69) is 5.32 Å². The normalized spacial score (nSPS) is 28.1. The highest BCUT2D eigenvalue weighted by Crippen LogP contribution is 2.32. The number of carbonyl (C=O) groups excluding carboxylic acids is 1. The van der Waals surface area contributed by atoms with Gasteiger partial charge in [0.25, 0.3) is 0 Å². The molecule has 0 aromatic heterocycles. The summed E-state index contributed by atoms with van der Waals surface area (Å²) in [5, 5.41) is 12.2. The van der Waals surface area contributed by atoms with E-state index in [0.717, 1.165) is 12.8 Å². The number of nitrogens with zero attached hydrogens (tertiary/aromatic N) is 1. The number of nitrogens with one attached hydrogen (secondary N) is 1. The highest BCUT2D eigenvalue weighted by Gasteiger charge is 2.42. The van der Waals surface area contributed by atoms with E-state index >= 15 is 0 Å². The van der Waals surface area contributed by atoms with Crippen molar-refractivity contribution >= 4 is 11.9 Å². The Kier molecular flexibility index (Phi) is 5.14. The molecule has 1 saturated carbocycles. The van der Waals surface area contributed by atoms with Crippen molar-refractivity contribution in [3.8, 4) is 0 Å². The van der Waals surface area contributed by atoms with Crippen LogP contribution in [0, 0.1) is 5.92 Å². The van der Waals surface area contributed by atoms with E-state index < -0.39 is 11.5 Å². The van der Waals surface area contributed by atoms with Crippen molar-refractivity contribution in [2.75, 3.05) is 20.6 Å². The summed E-state index contributed by atoms with van der Waals surface area (Å²) >= 11 is 0. The van der Waals surface area contributed by atoms with Crippen LogP contribution in [0.2, 0.25) is 0 Å². The maximum absolute atomic E-state index is 11.8. The minimum atomic E-state index is -1.04. The highest BCUT2D eigenvalue weighted by molar-refractivity contribution is 5.87. The van der Waals surface area contributed by atoms with E-state index in [1.807, 2.05) is 25.9 Å². The minimum Gasteiger partial charge on any atom is -0.480 e. The molecule has 0 saturated heterocycles. The Labute approximate surface area is 109 Å². The summed E-state index contributed by atoms with van der Waals surface area (Å²) in [7, 11) is 3.78. The van der Waals surface area contributed by atoms with Crippen molar-refractivity contribution in [1.82, 2.24) is 10.2 Å². The van der Waals surface area contributed by atoms with Gasteiger partial charge in [-0.1, -0.05) is 19.8 Å². The second-order valence-electron chi connectivity index (χ2n) is 5.69. The van der Waals surface area contributed by atoms with E-state index in [0.29, 0.717) is 31.7 Å². The number of hydrogen-bond donors (Lipinski definition) is 2. The fourth-order valence-electron chi connectivity index (χ4n) is 2.57. The van der Waals surface area contributed by atoms with Gasteiger partial charge in [-0.3, -0.25) is 4.79 Å².